The van der Waals surface area contributed by atoms with Crippen LogP contribution >= 0.6 is 0 Å². The first kappa shape index (κ1) is 18.1. The molecule has 0 aliphatic rings. The molecule has 0 aliphatic carbocycles. The molecule has 0 saturated carbocycles. The van der Waals surface area contributed by atoms with E-state index >= 15 is 0 Å². The summed E-state index contributed by atoms with van der Waals surface area (Å²) in [4.78, 5) is 33.0. The number of rotatable bonds is 9. The molecule has 0 spiro atoms. The standard InChI is InChI=1S/C16H25N3O3/c1-4-6-7-9-19(12(3)8-5-2)15(20)13-10-18-14(11-17-13)16(21)22/h10-12H,4-9H2,1-3H3,(H,21,22). The molecule has 1 unspecified atom stereocenters. The molecule has 22 heavy (non-hydrogen) atoms. The Morgan fingerprint density at radius 3 is 2.27 bits per heavy atom. The second kappa shape index (κ2) is 9.12. The molecule has 0 aromatic carbocycles. The maximum absolute atomic E-state index is 12.6. The van der Waals surface area contributed by atoms with Gasteiger partial charge in [-0.25, -0.2) is 14.8 Å². The summed E-state index contributed by atoms with van der Waals surface area (Å²) in [6.07, 6.45) is 7.43. The van der Waals surface area contributed by atoms with Crippen LogP contribution in [0.25, 0.3) is 0 Å². The van der Waals surface area contributed by atoms with Crippen LogP contribution in [0.15, 0.2) is 12.4 Å². The molecule has 1 aromatic heterocycles. The summed E-state index contributed by atoms with van der Waals surface area (Å²) in [6, 6.07) is 0.135. The lowest BCUT2D eigenvalue weighted by Crippen LogP contribution is -2.39. The van der Waals surface area contributed by atoms with Crippen molar-refractivity contribution in [3.63, 3.8) is 0 Å². The first-order chi connectivity index (χ1) is 10.5. The van der Waals surface area contributed by atoms with Gasteiger partial charge in [0.25, 0.3) is 5.91 Å². The number of carboxylic acids is 1. The van der Waals surface area contributed by atoms with Gasteiger partial charge < -0.3 is 10.0 Å². The Morgan fingerprint density at radius 1 is 1.14 bits per heavy atom. The van der Waals surface area contributed by atoms with Crippen LogP contribution in [0, 0.1) is 0 Å². The Bertz CT molecular complexity index is 488. The summed E-state index contributed by atoms with van der Waals surface area (Å²) in [6.45, 7) is 6.94. The number of carbonyl (C=O) groups excluding carboxylic acids is 1. The third-order valence-corrected chi connectivity index (χ3v) is 3.59. The highest BCUT2D eigenvalue weighted by Crippen LogP contribution is 2.13. The van der Waals surface area contributed by atoms with Gasteiger partial charge in [0.2, 0.25) is 0 Å². The van der Waals surface area contributed by atoms with Crippen molar-refractivity contribution in [1.82, 2.24) is 14.9 Å². The minimum atomic E-state index is -1.15. The van der Waals surface area contributed by atoms with E-state index in [2.05, 4.69) is 23.8 Å². The van der Waals surface area contributed by atoms with Gasteiger partial charge in [-0.3, -0.25) is 4.79 Å². The quantitative estimate of drug-likeness (QED) is 0.709. The van der Waals surface area contributed by atoms with Crippen LogP contribution in [0.2, 0.25) is 0 Å². The van der Waals surface area contributed by atoms with E-state index in [4.69, 9.17) is 5.11 Å². The number of aromatic carboxylic acids is 1. The molecule has 0 fully saturated rings. The number of carboxylic acid groups (broad SMARTS) is 1. The van der Waals surface area contributed by atoms with Crippen LogP contribution in [0.5, 0.6) is 0 Å². The number of unbranched alkanes of at least 4 members (excludes halogenated alkanes) is 2. The Labute approximate surface area is 131 Å². The summed E-state index contributed by atoms with van der Waals surface area (Å²) in [5.74, 6) is -1.33. The molecule has 6 heteroatoms. The van der Waals surface area contributed by atoms with E-state index in [0.717, 1.165) is 38.3 Å². The lowest BCUT2D eigenvalue weighted by Gasteiger charge is -2.29. The minimum Gasteiger partial charge on any atom is -0.476 e. The molecule has 0 aliphatic heterocycles. The molecular weight excluding hydrogens is 282 g/mol. The zero-order chi connectivity index (χ0) is 16.5. The van der Waals surface area contributed by atoms with Crippen LogP contribution in [-0.4, -0.2) is 44.4 Å². The average molecular weight is 307 g/mol. The Balaban J connectivity index is 2.86. The summed E-state index contributed by atoms with van der Waals surface area (Å²) in [5, 5.41) is 8.83. The Morgan fingerprint density at radius 2 is 1.77 bits per heavy atom. The molecule has 1 amide bonds. The predicted molar refractivity (Wildman–Crippen MR) is 83.9 cm³/mol. The highest BCUT2D eigenvalue weighted by molar-refractivity contribution is 5.93. The van der Waals surface area contributed by atoms with Gasteiger partial charge in [0.05, 0.1) is 12.4 Å². The fourth-order valence-corrected chi connectivity index (χ4v) is 2.32. The number of hydrogen-bond acceptors (Lipinski definition) is 4. The number of amides is 1. The normalized spacial score (nSPS) is 12.0. The molecule has 0 radical (unpaired) electrons. The third kappa shape index (κ3) is 5.09. The van der Waals surface area contributed by atoms with Crippen molar-refractivity contribution in [3.05, 3.63) is 23.8 Å². The summed E-state index contributed by atoms with van der Waals surface area (Å²) in [5.41, 5.74) is 0.0418. The highest BCUT2D eigenvalue weighted by atomic mass is 16.4. The Kier molecular flexibility index (Phi) is 7.49. The van der Waals surface area contributed by atoms with Crippen molar-refractivity contribution in [2.75, 3.05) is 6.54 Å². The van der Waals surface area contributed by atoms with Crippen LogP contribution in [0.3, 0.4) is 0 Å². The lowest BCUT2D eigenvalue weighted by atomic mass is 10.1. The van der Waals surface area contributed by atoms with Crippen LogP contribution in [-0.2, 0) is 0 Å². The van der Waals surface area contributed by atoms with Gasteiger partial charge in [-0.1, -0.05) is 33.1 Å². The van der Waals surface area contributed by atoms with E-state index in [1.54, 1.807) is 0 Å². The largest absolute Gasteiger partial charge is 0.476 e. The predicted octanol–water partition coefficient (Wildman–Crippen LogP) is 3.00. The Hall–Kier alpha value is -1.98. The van der Waals surface area contributed by atoms with Gasteiger partial charge in [0.15, 0.2) is 5.69 Å². The zero-order valence-corrected chi connectivity index (χ0v) is 13.6. The smallest absolute Gasteiger partial charge is 0.356 e. The van der Waals surface area contributed by atoms with Crippen LogP contribution in [0.1, 0.15) is 73.9 Å². The first-order valence-corrected chi connectivity index (χ1v) is 7.87. The van der Waals surface area contributed by atoms with E-state index in [1.165, 1.54) is 6.20 Å². The van der Waals surface area contributed by atoms with E-state index in [-0.39, 0.29) is 23.3 Å². The molecule has 0 bridgehead atoms. The third-order valence-electron chi connectivity index (χ3n) is 3.59. The summed E-state index contributed by atoms with van der Waals surface area (Å²) in [7, 11) is 0. The minimum absolute atomic E-state index is 0.135. The summed E-state index contributed by atoms with van der Waals surface area (Å²) < 4.78 is 0. The molecule has 6 nitrogen and oxygen atoms in total. The monoisotopic (exact) mass is 307 g/mol. The molecule has 1 N–H and O–H groups in total. The number of hydrogen-bond donors (Lipinski definition) is 1. The molecular formula is C16H25N3O3. The molecule has 122 valence electrons. The molecule has 1 aromatic rings. The SMILES string of the molecule is CCCCCN(C(=O)c1cnc(C(=O)O)cn1)C(C)CCC. The van der Waals surface area contributed by atoms with Gasteiger partial charge in [-0.05, 0) is 19.8 Å². The van der Waals surface area contributed by atoms with Gasteiger partial charge in [0.1, 0.15) is 5.69 Å². The maximum Gasteiger partial charge on any atom is 0.356 e. The van der Waals surface area contributed by atoms with Gasteiger partial charge in [0, 0.05) is 12.6 Å². The zero-order valence-electron chi connectivity index (χ0n) is 13.6. The highest BCUT2D eigenvalue weighted by Gasteiger charge is 2.22. The van der Waals surface area contributed by atoms with E-state index in [0.29, 0.717) is 6.54 Å². The molecule has 1 heterocycles. The second-order valence-corrected chi connectivity index (χ2v) is 5.44. The van der Waals surface area contributed by atoms with Gasteiger partial charge in [-0.15, -0.1) is 0 Å². The van der Waals surface area contributed by atoms with Gasteiger partial charge >= 0.3 is 5.97 Å². The molecule has 0 saturated heterocycles. The topological polar surface area (TPSA) is 83.4 Å². The van der Waals surface area contributed by atoms with E-state index in [9.17, 15) is 9.59 Å². The average Bonchev–Trinajstić information content (AvgIpc) is 2.51. The first-order valence-electron chi connectivity index (χ1n) is 7.87. The van der Waals surface area contributed by atoms with Crippen molar-refractivity contribution >= 4 is 11.9 Å². The maximum atomic E-state index is 12.6. The van der Waals surface area contributed by atoms with Gasteiger partial charge in [-0.2, -0.15) is 0 Å². The number of nitrogens with zero attached hydrogens (tertiary/aromatic N) is 3. The fourth-order valence-electron chi connectivity index (χ4n) is 2.32. The van der Waals surface area contributed by atoms with Crippen molar-refractivity contribution in [2.24, 2.45) is 0 Å². The molecule has 1 rings (SSSR count). The second-order valence-electron chi connectivity index (χ2n) is 5.44. The molecule has 1 atom stereocenters. The summed E-state index contributed by atoms with van der Waals surface area (Å²) >= 11 is 0. The number of carbonyl (C=O) groups is 2. The van der Waals surface area contributed by atoms with Crippen molar-refractivity contribution < 1.29 is 14.7 Å². The van der Waals surface area contributed by atoms with Crippen molar-refractivity contribution in [1.29, 1.82) is 0 Å². The van der Waals surface area contributed by atoms with Crippen molar-refractivity contribution in [2.45, 2.75) is 58.9 Å². The van der Waals surface area contributed by atoms with E-state index < -0.39 is 5.97 Å². The number of aromatic nitrogens is 2. The van der Waals surface area contributed by atoms with Crippen LogP contribution in [0.4, 0.5) is 0 Å². The fraction of sp³-hybridized carbons (Fsp3) is 0.625. The lowest BCUT2D eigenvalue weighted by molar-refractivity contribution is 0.0662. The van der Waals surface area contributed by atoms with E-state index in [1.807, 2.05) is 11.8 Å². The van der Waals surface area contributed by atoms with Crippen LogP contribution < -0.4 is 0 Å². The van der Waals surface area contributed by atoms with Crippen molar-refractivity contribution in [3.8, 4) is 0 Å².